The first kappa shape index (κ1) is 5.27. The van der Waals surface area contributed by atoms with Gasteiger partial charge in [0.25, 0.3) is 0 Å². The molecule has 0 saturated heterocycles. The second-order valence-electron chi connectivity index (χ2n) is 0.790. The Kier molecular flexibility index (Phi) is 2.64. The topological polar surface area (TPSA) is 12.4 Å². The summed E-state index contributed by atoms with van der Waals surface area (Å²) in [7, 11) is 0. The number of aliphatic imine (C=N–C) groups is 1. The molecule has 0 aliphatic carbocycles. The van der Waals surface area contributed by atoms with E-state index in [1.807, 2.05) is 0 Å². The Bertz CT molecular complexity index is 36.2. The predicted octanol–water partition coefficient (Wildman–Crippen LogP) is -2.66. The van der Waals surface area contributed by atoms with Crippen LogP contribution in [0.5, 0.6) is 0 Å². The summed E-state index contributed by atoms with van der Waals surface area (Å²) in [5.41, 5.74) is 0. The number of rotatable bonds is 0. The minimum absolute atomic E-state index is 0. The first-order valence-electron chi connectivity index (χ1n) is 1.39. The second-order valence-corrected chi connectivity index (χ2v) is 0.790. The number of nitrogens with zero attached hydrogens (tertiary/aromatic N) is 1. The molecule has 1 nitrogen and oxygen atoms in total. The van der Waals surface area contributed by atoms with Crippen LogP contribution in [0.3, 0.4) is 0 Å². The molecule has 0 bridgehead atoms. The zero-order chi connectivity index (χ0) is 2.83. The minimum atomic E-state index is 0. The Balaban J connectivity index is 0.000000160. The summed E-state index contributed by atoms with van der Waals surface area (Å²) >= 11 is 0. The maximum absolute atomic E-state index is 3.67. The molecule has 1 aliphatic heterocycles. The molecular weight excluding hydrogens is 57.0 g/mol. The van der Waals surface area contributed by atoms with Crippen LogP contribution in [-0.2, 0) is 0 Å². The number of hydrogen-bond acceptors (Lipinski definition) is 1. The van der Waals surface area contributed by atoms with Crippen LogP contribution < -0.4 is 18.9 Å². The normalized spacial score (nSPS) is 16.0. The van der Waals surface area contributed by atoms with E-state index in [1.165, 1.54) is 0 Å². The molecule has 0 aromatic carbocycles. The third-order valence-electron chi connectivity index (χ3n) is 0.447. The van der Waals surface area contributed by atoms with Crippen molar-refractivity contribution in [3.8, 4) is 0 Å². The van der Waals surface area contributed by atoms with E-state index in [-0.39, 0.29) is 18.9 Å². The zero-order valence-corrected chi connectivity index (χ0v) is 3.36. The molecule has 0 aromatic rings. The van der Waals surface area contributed by atoms with Crippen LogP contribution in [0.25, 0.3) is 0 Å². The Hall–Kier alpha value is 0.267. The van der Waals surface area contributed by atoms with Gasteiger partial charge in [0.1, 0.15) is 0 Å². The first-order chi connectivity index (χ1) is 2.00. The Morgan fingerprint density at radius 1 is 1.60 bits per heavy atom. The van der Waals surface area contributed by atoms with E-state index in [0.717, 1.165) is 13.0 Å². The summed E-state index contributed by atoms with van der Waals surface area (Å²) in [6.07, 6.45) is 3.82. The summed E-state index contributed by atoms with van der Waals surface area (Å²) in [5, 5.41) is 0. The van der Waals surface area contributed by atoms with Gasteiger partial charge in [-0.25, -0.2) is 0 Å². The van der Waals surface area contributed by atoms with Gasteiger partial charge >= 0.3 is 18.9 Å². The van der Waals surface area contributed by atoms with Crippen molar-refractivity contribution in [1.82, 2.24) is 0 Å². The van der Waals surface area contributed by atoms with Crippen LogP contribution in [0, 0.1) is 0 Å². The third kappa shape index (κ3) is 1.20. The molecule has 0 radical (unpaired) electrons. The van der Waals surface area contributed by atoms with E-state index >= 15 is 0 Å². The van der Waals surface area contributed by atoms with Crippen LogP contribution in [0.4, 0.5) is 0 Å². The second kappa shape index (κ2) is 2.50. The van der Waals surface area contributed by atoms with E-state index < -0.39 is 0 Å². The largest absolute Gasteiger partial charge is 1.00 e. The van der Waals surface area contributed by atoms with Crippen molar-refractivity contribution < 1.29 is 18.9 Å². The molecule has 0 atom stereocenters. The molecule has 1 aliphatic rings. The van der Waals surface area contributed by atoms with Crippen LogP contribution in [-0.4, -0.2) is 12.8 Å². The Morgan fingerprint density at radius 2 is 1.80 bits per heavy atom. The van der Waals surface area contributed by atoms with Crippen LogP contribution in [0.15, 0.2) is 4.99 Å². The van der Waals surface area contributed by atoms with Crippen molar-refractivity contribution in [1.29, 1.82) is 0 Å². The van der Waals surface area contributed by atoms with Gasteiger partial charge in [-0.2, -0.15) is 6.42 Å². The van der Waals surface area contributed by atoms with E-state index in [9.17, 15) is 0 Å². The van der Waals surface area contributed by atoms with Crippen molar-refractivity contribution >= 4 is 6.21 Å². The van der Waals surface area contributed by atoms with Gasteiger partial charge in [0.2, 0.25) is 0 Å². The minimum Gasteiger partial charge on any atom is -0.505 e. The van der Waals surface area contributed by atoms with Crippen LogP contribution in [0.1, 0.15) is 6.42 Å². The Morgan fingerprint density at radius 3 is 1.80 bits per heavy atom. The molecular formula is C3H4LiN. The van der Waals surface area contributed by atoms with Crippen molar-refractivity contribution in [3.63, 3.8) is 0 Å². The molecule has 0 saturated carbocycles. The van der Waals surface area contributed by atoms with Gasteiger partial charge in [0.15, 0.2) is 0 Å². The molecule has 2 heteroatoms. The summed E-state index contributed by atoms with van der Waals surface area (Å²) < 4.78 is 0. The van der Waals surface area contributed by atoms with Gasteiger partial charge < -0.3 is 11.2 Å². The predicted molar refractivity (Wildman–Crippen MR) is 16.9 cm³/mol. The van der Waals surface area contributed by atoms with Crippen molar-refractivity contribution in [2.45, 2.75) is 6.42 Å². The van der Waals surface area contributed by atoms with Crippen molar-refractivity contribution in [2.75, 3.05) is 6.54 Å². The fraction of sp³-hybridized carbons (Fsp3) is 0.667. The van der Waals surface area contributed by atoms with Gasteiger partial charge in [-0.3, -0.25) is 0 Å². The smallest absolute Gasteiger partial charge is 0.505 e. The third-order valence-corrected chi connectivity index (χ3v) is 0.447. The molecule has 1 rings (SSSR count). The van der Waals surface area contributed by atoms with E-state index in [1.54, 1.807) is 0 Å². The quantitative estimate of drug-likeness (QED) is 0.214. The van der Waals surface area contributed by atoms with E-state index in [4.69, 9.17) is 0 Å². The molecule has 0 spiro atoms. The average Bonchev–Trinajstić information content (AvgIpc) is 0.722. The Labute approximate surface area is 43.7 Å². The van der Waals surface area contributed by atoms with Gasteiger partial charge in [-0.05, 0) is 6.54 Å². The van der Waals surface area contributed by atoms with E-state index in [0.29, 0.717) is 0 Å². The molecule has 5 heavy (non-hydrogen) atoms. The van der Waals surface area contributed by atoms with Gasteiger partial charge in [0, 0.05) is 0 Å². The number of hydrogen-bond donors (Lipinski definition) is 0. The van der Waals surface area contributed by atoms with E-state index in [2.05, 4.69) is 11.2 Å². The molecule has 0 aromatic heterocycles. The fourth-order valence-corrected chi connectivity index (χ4v) is 0.112. The molecule has 0 amide bonds. The van der Waals surface area contributed by atoms with Crippen LogP contribution in [0.2, 0.25) is 0 Å². The molecule has 0 N–H and O–H groups in total. The zero-order valence-electron chi connectivity index (χ0n) is 3.36. The van der Waals surface area contributed by atoms with Gasteiger partial charge in [0.05, 0.1) is 0 Å². The maximum Gasteiger partial charge on any atom is 1.00 e. The molecule has 0 fully saturated rings. The standard InChI is InChI=1S/C3H4N.Li/c1-2-4-3-1;/h1-2H2;/q-1;+1. The molecule has 1 heterocycles. The van der Waals surface area contributed by atoms with Crippen LogP contribution >= 0.6 is 0 Å². The van der Waals surface area contributed by atoms with Gasteiger partial charge in [-0.15, -0.1) is 0 Å². The monoisotopic (exact) mass is 61.1 g/mol. The fourth-order valence-electron chi connectivity index (χ4n) is 0.112. The first-order valence-corrected chi connectivity index (χ1v) is 1.39. The van der Waals surface area contributed by atoms with Gasteiger partial charge in [-0.1, -0.05) is 0 Å². The average molecular weight is 61.0 g/mol. The van der Waals surface area contributed by atoms with Crippen molar-refractivity contribution in [3.05, 3.63) is 0 Å². The summed E-state index contributed by atoms with van der Waals surface area (Å²) in [5.74, 6) is 0. The van der Waals surface area contributed by atoms with Crippen molar-refractivity contribution in [2.24, 2.45) is 4.99 Å². The summed E-state index contributed by atoms with van der Waals surface area (Å²) in [6.45, 7) is 1.01. The molecule has 0 unspecified atom stereocenters. The maximum atomic E-state index is 3.67. The summed E-state index contributed by atoms with van der Waals surface area (Å²) in [4.78, 5) is 3.67. The summed E-state index contributed by atoms with van der Waals surface area (Å²) in [6, 6.07) is 0. The molecule has 22 valence electrons. The SMILES string of the molecule is [C-]1=NCC1.[Li+].